The molecule has 1 N–H and O–H groups in total. The first-order valence-electron chi connectivity index (χ1n) is 10.6. The van der Waals surface area contributed by atoms with Crippen LogP contribution < -0.4 is 4.74 Å². The van der Waals surface area contributed by atoms with Gasteiger partial charge in [-0.25, -0.2) is 0 Å². The van der Waals surface area contributed by atoms with Gasteiger partial charge in [0.2, 0.25) is 0 Å². The van der Waals surface area contributed by atoms with Gasteiger partial charge in [-0.15, -0.1) is 0 Å². The number of fused-ring (bicyclic) bond motifs is 1. The smallest absolute Gasteiger partial charge is 0.192 e. The van der Waals surface area contributed by atoms with E-state index in [0.29, 0.717) is 13.2 Å². The number of H-pyrrole nitrogens is 1. The van der Waals surface area contributed by atoms with E-state index >= 15 is 0 Å². The summed E-state index contributed by atoms with van der Waals surface area (Å²) >= 11 is 0. The summed E-state index contributed by atoms with van der Waals surface area (Å²) < 4.78 is 19.5. The van der Waals surface area contributed by atoms with Crippen molar-refractivity contribution in [2.24, 2.45) is 0 Å². The van der Waals surface area contributed by atoms with Crippen LogP contribution in [0.4, 0.5) is 0 Å². The molecule has 0 aliphatic rings. The molecule has 0 saturated carbocycles. The minimum Gasteiger partial charge on any atom is -0.485 e. The second kappa shape index (κ2) is 8.57. The highest BCUT2D eigenvalue weighted by molar-refractivity contribution is 6.74. The van der Waals surface area contributed by atoms with Gasteiger partial charge in [0.15, 0.2) is 16.6 Å². The van der Waals surface area contributed by atoms with Crippen molar-refractivity contribution in [3.8, 4) is 5.75 Å². The summed E-state index contributed by atoms with van der Waals surface area (Å²) in [4.78, 5) is 3.26. The second-order valence-corrected chi connectivity index (χ2v) is 20.7. The third-order valence-electron chi connectivity index (χ3n) is 6.72. The summed E-state index contributed by atoms with van der Waals surface area (Å²) in [5, 5.41) is 1.42. The fourth-order valence-electron chi connectivity index (χ4n) is 2.49. The quantitative estimate of drug-likeness (QED) is 0.456. The molecule has 1 aromatic heterocycles. The molecule has 4 nitrogen and oxygen atoms in total. The lowest BCUT2D eigenvalue weighted by Crippen LogP contribution is -2.47. The molecule has 0 bridgehead atoms. The monoisotopic (exact) mass is 435 g/mol. The van der Waals surface area contributed by atoms with Crippen LogP contribution in [0.1, 0.15) is 41.5 Å². The third kappa shape index (κ3) is 5.97. The van der Waals surface area contributed by atoms with Crippen molar-refractivity contribution in [2.45, 2.75) is 83.9 Å². The zero-order chi connectivity index (χ0) is 22.1. The molecule has 1 heterocycles. The van der Waals surface area contributed by atoms with Crippen LogP contribution in [0.2, 0.25) is 36.3 Å². The van der Waals surface area contributed by atoms with Crippen molar-refractivity contribution in [1.29, 1.82) is 0 Å². The van der Waals surface area contributed by atoms with E-state index in [4.69, 9.17) is 13.6 Å². The molecule has 2 rings (SSSR count). The Hall–Kier alpha value is -1.09. The standard InChI is InChI=1S/C23H41NO3Si2/c1-22(2,3)28(7,8)25-16-18(17-26-29(9,10)23(4,5)6)27-21-13-11-12-20-19(21)14-15-24-20/h11-15,18,24H,16-17H2,1-10H3. The van der Waals surface area contributed by atoms with Crippen LogP contribution in [-0.2, 0) is 8.85 Å². The maximum atomic E-state index is 6.51. The number of hydrogen-bond acceptors (Lipinski definition) is 3. The van der Waals surface area contributed by atoms with Gasteiger partial charge in [0.05, 0.1) is 13.2 Å². The van der Waals surface area contributed by atoms with Crippen LogP contribution in [0.25, 0.3) is 10.9 Å². The fraction of sp³-hybridized carbons (Fsp3) is 0.652. The van der Waals surface area contributed by atoms with Gasteiger partial charge < -0.3 is 18.6 Å². The Morgan fingerprint density at radius 1 is 0.828 bits per heavy atom. The van der Waals surface area contributed by atoms with Crippen LogP contribution in [0.3, 0.4) is 0 Å². The number of aromatic amines is 1. The zero-order valence-electron chi connectivity index (χ0n) is 20.1. The number of benzene rings is 1. The van der Waals surface area contributed by atoms with Crippen LogP contribution in [0.15, 0.2) is 30.5 Å². The van der Waals surface area contributed by atoms with Crippen molar-refractivity contribution in [2.75, 3.05) is 13.2 Å². The lowest BCUT2D eigenvalue weighted by molar-refractivity contribution is 0.0717. The van der Waals surface area contributed by atoms with Gasteiger partial charge in [0, 0.05) is 17.1 Å². The van der Waals surface area contributed by atoms with Crippen LogP contribution in [0.5, 0.6) is 5.75 Å². The van der Waals surface area contributed by atoms with Crippen molar-refractivity contribution in [3.05, 3.63) is 30.5 Å². The molecular weight excluding hydrogens is 394 g/mol. The van der Waals surface area contributed by atoms with Gasteiger partial charge in [-0.1, -0.05) is 47.6 Å². The van der Waals surface area contributed by atoms with E-state index in [1.807, 2.05) is 18.3 Å². The largest absolute Gasteiger partial charge is 0.485 e. The summed E-state index contributed by atoms with van der Waals surface area (Å²) in [6.45, 7) is 23.8. The Morgan fingerprint density at radius 3 is 1.83 bits per heavy atom. The van der Waals surface area contributed by atoms with E-state index in [-0.39, 0.29) is 16.2 Å². The summed E-state index contributed by atoms with van der Waals surface area (Å²) in [6.07, 6.45) is 1.81. The molecule has 0 unspecified atom stereocenters. The average Bonchev–Trinajstić information content (AvgIpc) is 3.04. The first kappa shape index (κ1) is 24.2. The maximum Gasteiger partial charge on any atom is 0.192 e. The Bertz CT molecular complexity index is 770. The highest BCUT2D eigenvalue weighted by Gasteiger charge is 2.40. The molecule has 0 aliphatic carbocycles. The fourth-order valence-corrected chi connectivity index (χ4v) is 4.56. The lowest BCUT2D eigenvalue weighted by atomic mass is 10.2. The van der Waals surface area contributed by atoms with Crippen molar-refractivity contribution in [1.82, 2.24) is 4.98 Å². The first-order valence-corrected chi connectivity index (χ1v) is 16.5. The Labute approximate surface area is 179 Å². The van der Waals surface area contributed by atoms with Crippen molar-refractivity contribution in [3.63, 3.8) is 0 Å². The van der Waals surface area contributed by atoms with E-state index < -0.39 is 16.6 Å². The van der Waals surface area contributed by atoms with E-state index in [2.05, 4.69) is 84.8 Å². The van der Waals surface area contributed by atoms with E-state index in [0.717, 1.165) is 16.7 Å². The Balaban J connectivity index is 2.20. The van der Waals surface area contributed by atoms with E-state index in [9.17, 15) is 0 Å². The van der Waals surface area contributed by atoms with Crippen molar-refractivity contribution < 1.29 is 13.6 Å². The molecule has 1 aromatic carbocycles. The molecule has 2 aromatic rings. The minimum atomic E-state index is -1.87. The highest BCUT2D eigenvalue weighted by atomic mass is 28.4. The SMILES string of the molecule is CC(C)(C)[Si](C)(C)OCC(CO[Si](C)(C)C(C)(C)C)Oc1cccc2[nH]ccc12. The molecule has 6 heteroatoms. The van der Waals surface area contributed by atoms with Crippen LogP contribution in [-0.4, -0.2) is 40.9 Å². The molecule has 164 valence electrons. The van der Waals surface area contributed by atoms with Crippen LogP contribution >= 0.6 is 0 Å². The molecular formula is C23H41NO3Si2. The summed E-state index contributed by atoms with van der Waals surface area (Å²) in [5.41, 5.74) is 1.08. The first-order chi connectivity index (χ1) is 13.1. The summed E-state index contributed by atoms with van der Waals surface area (Å²) in [5.74, 6) is 0.881. The lowest BCUT2D eigenvalue weighted by Gasteiger charge is -2.39. The van der Waals surface area contributed by atoms with Gasteiger partial charge in [0.25, 0.3) is 0 Å². The molecule has 29 heavy (non-hydrogen) atoms. The van der Waals surface area contributed by atoms with E-state index in [1.165, 1.54) is 0 Å². The average molecular weight is 436 g/mol. The molecule has 0 fully saturated rings. The second-order valence-electron chi connectivity index (χ2n) is 11.1. The topological polar surface area (TPSA) is 43.5 Å². The van der Waals surface area contributed by atoms with Crippen LogP contribution in [0, 0.1) is 0 Å². The van der Waals surface area contributed by atoms with E-state index in [1.54, 1.807) is 0 Å². The Kier molecular flexibility index (Phi) is 7.15. The zero-order valence-corrected chi connectivity index (χ0v) is 22.1. The number of ether oxygens (including phenoxy) is 1. The van der Waals surface area contributed by atoms with Crippen molar-refractivity contribution >= 4 is 27.5 Å². The van der Waals surface area contributed by atoms with Gasteiger partial charge in [0.1, 0.15) is 11.9 Å². The minimum absolute atomic E-state index is 0.140. The third-order valence-corrected chi connectivity index (χ3v) is 15.7. The number of aromatic nitrogens is 1. The maximum absolute atomic E-state index is 6.51. The molecule has 0 spiro atoms. The summed E-state index contributed by atoms with van der Waals surface area (Å²) in [6, 6.07) is 8.18. The molecule has 0 radical (unpaired) electrons. The molecule has 0 saturated heterocycles. The van der Waals surface area contributed by atoms with Gasteiger partial charge in [-0.05, 0) is 54.5 Å². The number of hydrogen-bond donors (Lipinski definition) is 1. The Morgan fingerprint density at radius 2 is 1.34 bits per heavy atom. The predicted molar refractivity (Wildman–Crippen MR) is 129 cm³/mol. The molecule has 0 atom stereocenters. The highest BCUT2D eigenvalue weighted by Crippen LogP contribution is 2.38. The van der Waals surface area contributed by atoms with Gasteiger partial charge in [-0.3, -0.25) is 0 Å². The molecule has 0 aliphatic heterocycles. The summed E-state index contributed by atoms with van der Waals surface area (Å²) in [7, 11) is -3.73. The van der Waals surface area contributed by atoms with Gasteiger partial charge in [-0.2, -0.15) is 0 Å². The normalized spacial score (nSPS) is 14.0. The van der Waals surface area contributed by atoms with Gasteiger partial charge >= 0.3 is 0 Å². The number of rotatable bonds is 8. The molecule has 0 amide bonds. The predicted octanol–water partition coefficient (Wildman–Crippen LogP) is 6.96. The number of nitrogens with one attached hydrogen (secondary N) is 1.